The van der Waals surface area contributed by atoms with Gasteiger partial charge in [0.1, 0.15) is 11.6 Å². The molecule has 0 bridgehead atoms. The Hall–Kier alpha value is -3.29. The fraction of sp³-hybridized carbons (Fsp3) is 0.222. The molecular weight excluding hydrogens is 337 g/mol. The molecule has 1 fully saturated rings. The molecule has 2 heterocycles. The van der Waals surface area contributed by atoms with Gasteiger partial charge in [-0.25, -0.2) is 9.37 Å². The Morgan fingerprint density at radius 1 is 1.31 bits per heavy atom. The largest absolute Gasteiger partial charge is 0.306 e. The molecule has 0 radical (unpaired) electrons. The number of benzene rings is 1. The number of H-pyrrole nitrogens is 1. The number of aromatic nitrogens is 4. The second-order valence-corrected chi connectivity index (χ2v) is 6.28. The third-order valence-electron chi connectivity index (χ3n) is 4.14. The fourth-order valence-corrected chi connectivity index (χ4v) is 2.72. The Morgan fingerprint density at radius 2 is 2.08 bits per heavy atom. The van der Waals surface area contributed by atoms with Crippen LogP contribution in [0.1, 0.15) is 40.5 Å². The number of carbonyl (C=O) groups excluding carboxylic acids is 1. The number of nitrogens with zero attached hydrogens (tertiary/aromatic N) is 3. The van der Waals surface area contributed by atoms with Gasteiger partial charge in [-0.1, -0.05) is 12.1 Å². The van der Waals surface area contributed by atoms with Gasteiger partial charge in [0.05, 0.1) is 11.3 Å². The number of amides is 1. The first-order valence-electron chi connectivity index (χ1n) is 8.25. The summed E-state index contributed by atoms with van der Waals surface area (Å²) < 4.78 is 15.2. The average Bonchev–Trinajstić information content (AvgIpc) is 3.35. The van der Waals surface area contributed by atoms with E-state index in [4.69, 9.17) is 0 Å². The first-order valence-corrected chi connectivity index (χ1v) is 8.25. The number of aromatic amines is 1. The van der Waals surface area contributed by atoms with Gasteiger partial charge < -0.3 is 5.32 Å². The predicted octanol–water partition coefficient (Wildman–Crippen LogP) is 2.53. The molecule has 3 aromatic rings. The second-order valence-electron chi connectivity index (χ2n) is 6.28. The monoisotopic (exact) mass is 353 g/mol. The van der Waals surface area contributed by atoms with Gasteiger partial charge in [0, 0.05) is 23.7 Å². The van der Waals surface area contributed by atoms with Crippen LogP contribution in [0.25, 0.3) is 5.95 Å². The number of anilines is 1. The molecule has 0 aliphatic heterocycles. The van der Waals surface area contributed by atoms with Crippen molar-refractivity contribution in [3.05, 3.63) is 69.5 Å². The van der Waals surface area contributed by atoms with Crippen molar-refractivity contribution >= 4 is 11.7 Å². The van der Waals surface area contributed by atoms with E-state index in [0.717, 1.165) is 18.5 Å². The number of nitrogens with one attached hydrogen (secondary N) is 2. The van der Waals surface area contributed by atoms with E-state index in [9.17, 15) is 14.0 Å². The molecule has 1 aliphatic rings. The zero-order valence-electron chi connectivity index (χ0n) is 14.0. The van der Waals surface area contributed by atoms with Crippen LogP contribution in [-0.4, -0.2) is 25.7 Å². The molecule has 0 spiro atoms. The van der Waals surface area contributed by atoms with Gasteiger partial charge >= 0.3 is 0 Å². The smallest absolute Gasteiger partial charge is 0.259 e. The zero-order valence-corrected chi connectivity index (χ0v) is 14.0. The number of halogens is 1. The quantitative estimate of drug-likeness (QED) is 0.754. The normalized spacial score (nSPS) is 13.6. The summed E-state index contributed by atoms with van der Waals surface area (Å²) in [6.07, 6.45) is 2.05. The van der Waals surface area contributed by atoms with Crippen LogP contribution in [0.5, 0.6) is 0 Å². The van der Waals surface area contributed by atoms with E-state index >= 15 is 0 Å². The summed E-state index contributed by atoms with van der Waals surface area (Å²) in [5, 5.41) is 7.14. The van der Waals surface area contributed by atoms with E-state index in [-0.39, 0.29) is 17.1 Å². The van der Waals surface area contributed by atoms with Crippen LogP contribution in [0.2, 0.25) is 0 Å². The molecule has 2 N–H and O–H groups in total. The summed E-state index contributed by atoms with van der Waals surface area (Å²) in [4.78, 5) is 31.1. The Morgan fingerprint density at radius 3 is 2.77 bits per heavy atom. The summed E-state index contributed by atoms with van der Waals surface area (Å²) in [7, 11) is 0. The van der Waals surface area contributed by atoms with Crippen molar-refractivity contribution < 1.29 is 9.18 Å². The Labute approximate surface area is 147 Å². The van der Waals surface area contributed by atoms with E-state index < -0.39 is 11.7 Å². The highest BCUT2D eigenvalue weighted by atomic mass is 19.1. The number of aryl methyl sites for hydroxylation is 1. The fourth-order valence-electron chi connectivity index (χ4n) is 2.72. The zero-order chi connectivity index (χ0) is 18.3. The molecular formula is C18H16FN5O2. The molecule has 0 atom stereocenters. The van der Waals surface area contributed by atoms with Gasteiger partial charge in [0.2, 0.25) is 5.95 Å². The summed E-state index contributed by atoms with van der Waals surface area (Å²) in [6.45, 7) is 1.70. The second kappa shape index (κ2) is 6.21. The lowest BCUT2D eigenvalue weighted by Crippen LogP contribution is -2.19. The van der Waals surface area contributed by atoms with Crippen LogP contribution in [0, 0.1) is 12.7 Å². The highest BCUT2D eigenvalue weighted by Gasteiger charge is 2.28. The molecule has 0 unspecified atom stereocenters. The van der Waals surface area contributed by atoms with Crippen LogP contribution in [0.4, 0.5) is 10.2 Å². The van der Waals surface area contributed by atoms with Crippen molar-refractivity contribution in [2.75, 3.05) is 5.32 Å². The lowest BCUT2D eigenvalue weighted by Gasteiger charge is -2.08. The van der Waals surface area contributed by atoms with E-state index in [0.29, 0.717) is 17.4 Å². The standard InChI is InChI=1S/C18H16FN5O2/c1-10-8-16(25)22-18(20-10)24-15(9-14(23-24)11-6-7-11)21-17(26)12-4-2-3-5-13(12)19/h2-5,8-9,11H,6-7H2,1H3,(H,21,26)(H,20,22,25). The Bertz CT molecular complexity index is 1050. The van der Waals surface area contributed by atoms with Crippen LogP contribution >= 0.6 is 0 Å². The van der Waals surface area contributed by atoms with Gasteiger partial charge in [0.15, 0.2) is 0 Å². The first-order chi connectivity index (χ1) is 12.5. The third-order valence-corrected chi connectivity index (χ3v) is 4.14. The molecule has 1 saturated carbocycles. The number of hydrogen-bond acceptors (Lipinski definition) is 4. The minimum Gasteiger partial charge on any atom is -0.306 e. The molecule has 0 saturated heterocycles. The van der Waals surface area contributed by atoms with E-state index in [1.54, 1.807) is 19.1 Å². The maximum absolute atomic E-state index is 13.9. The van der Waals surface area contributed by atoms with Crippen molar-refractivity contribution in [1.82, 2.24) is 19.7 Å². The van der Waals surface area contributed by atoms with Gasteiger partial charge in [-0.2, -0.15) is 9.78 Å². The van der Waals surface area contributed by atoms with Crippen molar-refractivity contribution in [3.8, 4) is 5.95 Å². The van der Waals surface area contributed by atoms with Crippen molar-refractivity contribution in [3.63, 3.8) is 0 Å². The average molecular weight is 353 g/mol. The SMILES string of the molecule is Cc1cc(=O)[nH]c(-n2nc(C3CC3)cc2NC(=O)c2ccccc2F)n1. The summed E-state index contributed by atoms with van der Waals surface area (Å²) >= 11 is 0. The molecule has 1 aromatic carbocycles. The van der Waals surface area contributed by atoms with Gasteiger partial charge in [-0.05, 0) is 31.9 Å². The van der Waals surface area contributed by atoms with Gasteiger partial charge in [0.25, 0.3) is 11.5 Å². The summed E-state index contributed by atoms with van der Waals surface area (Å²) in [5.74, 6) is -0.348. The first kappa shape index (κ1) is 16.2. The topological polar surface area (TPSA) is 92.7 Å². The number of carbonyl (C=O) groups is 1. The Balaban J connectivity index is 1.74. The molecule has 132 valence electrons. The van der Waals surface area contributed by atoms with Crippen molar-refractivity contribution in [1.29, 1.82) is 0 Å². The molecule has 1 amide bonds. The molecule has 4 rings (SSSR count). The highest BCUT2D eigenvalue weighted by Crippen LogP contribution is 2.40. The van der Waals surface area contributed by atoms with Gasteiger partial charge in [-0.3, -0.25) is 14.6 Å². The molecule has 26 heavy (non-hydrogen) atoms. The Kier molecular flexibility index (Phi) is 3.87. The number of hydrogen-bond donors (Lipinski definition) is 2. The van der Waals surface area contributed by atoms with E-state index in [1.807, 2.05) is 0 Å². The molecule has 7 nitrogen and oxygen atoms in total. The minimum absolute atomic E-state index is 0.0704. The third kappa shape index (κ3) is 3.13. The van der Waals surface area contributed by atoms with Crippen LogP contribution in [-0.2, 0) is 0 Å². The molecule has 2 aromatic heterocycles. The van der Waals surface area contributed by atoms with E-state index in [1.165, 1.54) is 28.9 Å². The number of rotatable bonds is 4. The lowest BCUT2D eigenvalue weighted by atomic mass is 10.2. The van der Waals surface area contributed by atoms with Crippen LogP contribution in [0.3, 0.4) is 0 Å². The van der Waals surface area contributed by atoms with Crippen LogP contribution in [0.15, 0.2) is 41.2 Å². The lowest BCUT2D eigenvalue weighted by molar-refractivity contribution is 0.102. The molecule has 8 heteroatoms. The highest BCUT2D eigenvalue weighted by molar-refractivity contribution is 6.04. The predicted molar refractivity (Wildman–Crippen MR) is 93.0 cm³/mol. The van der Waals surface area contributed by atoms with Gasteiger partial charge in [-0.15, -0.1) is 0 Å². The summed E-state index contributed by atoms with van der Waals surface area (Å²) in [5.41, 5.74) is 0.942. The van der Waals surface area contributed by atoms with Crippen LogP contribution < -0.4 is 10.9 Å². The minimum atomic E-state index is -0.611. The molecule has 1 aliphatic carbocycles. The van der Waals surface area contributed by atoms with E-state index in [2.05, 4.69) is 20.4 Å². The van der Waals surface area contributed by atoms with Crippen molar-refractivity contribution in [2.45, 2.75) is 25.7 Å². The maximum Gasteiger partial charge on any atom is 0.259 e. The van der Waals surface area contributed by atoms with Crippen molar-refractivity contribution in [2.24, 2.45) is 0 Å². The summed E-state index contributed by atoms with van der Waals surface area (Å²) in [6, 6.07) is 8.83. The maximum atomic E-state index is 13.9.